The fourth-order valence-corrected chi connectivity index (χ4v) is 3.79. The quantitative estimate of drug-likeness (QED) is 0.848. The number of thioether (sulfide) groups is 1. The zero-order valence-electron chi connectivity index (χ0n) is 10.9. The number of aromatic nitrogens is 1. The third-order valence-electron chi connectivity index (χ3n) is 2.70. The lowest BCUT2D eigenvalue weighted by Crippen LogP contribution is -2.37. The van der Waals surface area contributed by atoms with Crippen molar-refractivity contribution < 1.29 is 18.3 Å². The average Bonchev–Trinajstić information content (AvgIpc) is 2.38. The highest BCUT2D eigenvalue weighted by atomic mass is 32.2. The van der Waals surface area contributed by atoms with Gasteiger partial charge in [-0.25, -0.2) is 13.2 Å². The number of pyridine rings is 1. The van der Waals surface area contributed by atoms with Crippen LogP contribution in [0.1, 0.15) is 17.3 Å². The summed E-state index contributed by atoms with van der Waals surface area (Å²) in [6.45, 7) is 1.77. The van der Waals surface area contributed by atoms with Gasteiger partial charge in [-0.1, -0.05) is 0 Å². The van der Waals surface area contributed by atoms with Crippen molar-refractivity contribution in [3.63, 3.8) is 0 Å². The first-order chi connectivity index (χ1) is 8.82. The predicted molar refractivity (Wildman–Crippen MR) is 74.0 cm³/mol. The summed E-state index contributed by atoms with van der Waals surface area (Å²) in [5.74, 6) is -0.662. The lowest BCUT2D eigenvalue weighted by Gasteiger charge is -2.24. The molecule has 0 aromatic carbocycles. The predicted octanol–water partition coefficient (Wildman–Crippen LogP) is 1.15. The summed E-state index contributed by atoms with van der Waals surface area (Å²) in [5.41, 5.74) is -0.266. The third-order valence-corrected chi connectivity index (χ3v) is 5.52. The molecule has 1 aromatic heterocycles. The lowest BCUT2D eigenvalue weighted by atomic mass is 10.3. The summed E-state index contributed by atoms with van der Waals surface area (Å²) in [5, 5.41) is 9.04. The lowest BCUT2D eigenvalue weighted by molar-refractivity contribution is 0.0692. The molecule has 0 saturated heterocycles. The number of hydrogen-bond acceptors (Lipinski definition) is 5. The number of carbonyl (C=O) groups is 1. The Bertz CT molecular complexity index is 560. The van der Waals surface area contributed by atoms with Gasteiger partial charge in [0.25, 0.3) is 0 Å². The summed E-state index contributed by atoms with van der Waals surface area (Å²) in [6.07, 6.45) is 4.21. The Hall–Kier alpha value is -1.12. The largest absolute Gasteiger partial charge is 0.478 e. The van der Waals surface area contributed by atoms with Crippen LogP contribution in [0.2, 0.25) is 0 Å². The van der Waals surface area contributed by atoms with Gasteiger partial charge < -0.3 is 5.11 Å². The first-order valence-electron chi connectivity index (χ1n) is 5.46. The van der Waals surface area contributed by atoms with E-state index in [-0.39, 0.29) is 16.5 Å². The number of rotatable bonds is 6. The van der Waals surface area contributed by atoms with E-state index in [4.69, 9.17) is 5.11 Å². The van der Waals surface area contributed by atoms with Gasteiger partial charge in [-0.05, 0) is 19.2 Å². The van der Waals surface area contributed by atoms with Crippen LogP contribution in [-0.4, -0.2) is 53.9 Å². The van der Waals surface area contributed by atoms with Gasteiger partial charge in [0.2, 0.25) is 10.0 Å². The fourth-order valence-electron chi connectivity index (χ4n) is 1.50. The van der Waals surface area contributed by atoms with Crippen LogP contribution in [0.3, 0.4) is 0 Å². The smallest absolute Gasteiger partial charge is 0.337 e. The van der Waals surface area contributed by atoms with Gasteiger partial charge in [-0.2, -0.15) is 16.1 Å². The Morgan fingerprint density at radius 3 is 2.74 bits per heavy atom. The van der Waals surface area contributed by atoms with E-state index < -0.39 is 16.0 Å². The summed E-state index contributed by atoms with van der Waals surface area (Å²) >= 11 is 1.52. The minimum absolute atomic E-state index is 0.234. The minimum Gasteiger partial charge on any atom is -0.478 e. The van der Waals surface area contributed by atoms with Gasteiger partial charge >= 0.3 is 5.97 Å². The second kappa shape index (κ2) is 6.36. The van der Waals surface area contributed by atoms with Gasteiger partial charge in [-0.15, -0.1) is 0 Å². The number of carboxylic acids is 1. The highest BCUT2D eigenvalue weighted by Gasteiger charge is 2.29. The molecule has 0 spiro atoms. The Morgan fingerprint density at radius 2 is 2.21 bits per heavy atom. The standard InChI is InChI=1S/C11H16N2O4S2/c1-8(7-18-3)13(2)19(16,17)10-6-12-5-4-9(10)11(14)15/h4-6,8H,7H2,1-3H3,(H,14,15). The zero-order chi connectivity index (χ0) is 14.6. The van der Waals surface area contributed by atoms with Crippen molar-refractivity contribution in [2.75, 3.05) is 19.1 Å². The monoisotopic (exact) mass is 304 g/mol. The average molecular weight is 304 g/mol. The molecule has 19 heavy (non-hydrogen) atoms. The maximum atomic E-state index is 12.4. The summed E-state index contributed by atoms with van der Waals surface area (Å²) in [6, 6.07) is 0.948. The van der Waals surface area contributed by atoms with Crippen LogP contribution >= 0.6 is 11.8 Å². The molecule has 1 unspecified atom stereocenters. The first kappa shape index (κ1) is 15.9. The van der Waals surface area contributed by atoms with Crippen molar-refractivity contribution in [3.05, 3.63) is 24.0 Å². The molecule has 8 heteroatoms. The van der Waals surface area contributed by atoms with Gasteiger partial charge in [-0.3, -0.25) is 4.98 Å². The molecule has 0 fully saturated rings. The van der Waals surface area contributed by atoms with Gasteiger partial charge in [0.15, 0.2) is 0 Å². The fraction of sp³-hybridized carbons (Fsp3) is 0.455. The van der Waals surface area contributed by atoms with Crippen molar-refractivity contribution in [1.82, 2.24) is 9.29 Å². The maximum absolute atomic E-state index is 12.4. The summed E-state index contributed by atoms with van der Waals surface area (Å²) in [4.78, 5) is 14.5. The molecule has 0 aliphatic carbocycles. The van der Waals surface area contributed by atoms with Gasteiger partial charge in [0.05, 0.1) is 5.56 Å². The highest BCUT2D eigenvalue weighted by Crippen LogP contribution is 2.20. The van der Waals surface area contributed by atoms with Crippen molar-refractivity contribution in [2.45, 2.75) is 17.9 Å². The number of carboxylic acid groups (broad SMARTS) is 1. The van der Waals surface area contributed by atoms with Crippen molar-refractivity contribution >= 4 is 27.8 Å². The molecular weight excluding hydrogens is 288 g/mol. The Labute approximate surface area is 116 Å². The SMILES string of the molecule is CSCC(C)N(C)S(=O)(=O)c1cnccc1C(=O)O. The van der Waals surface area contributed by atoms with E-state index in [1.165, 1.54) is 35.4 Å². The maximum Gasteiger partial charge on any atom is 0.337 e. The van der Waals surface area contributed by atoms with Crippen LogP contribution in [0.5, 0.6) is 0 Å². The first-order valence-corrected chi connectivity index (χ1v) is 8.30. The van der Waals surface area contributed by atoms with Crippen LogP contribution in [0.15, 0.2) is 23.4 Å². The molecule has 0 radical (unpaired) electrons. The second-order valence-electron chi connectivity index (χ2n) is 4.00. The molecule has 0 bridgehead atoms. The van der Waals surface area contributed by atoms with Crippen molar-refractivity contribution in [1.29, 1.82) is 0 Å². The number of sulfonamides is 1. The number of nitrogens with zero attached hydrogens (tertiary/aromatic N) is 2. The third kappa shape index (κ3) is 3.46. The summed E-state index contributed by atoms with van der Waals surface area (Å²) in [7, 11) is -2.42. The molecule has 0 amide bonds. The molecule has 1 heterocycles. The molecule has 0 aliphatic rings. The molecular formula is C11H16N2O4S2. The van der Waals surface area contributed by atoms with E-state index in [9.17, 15) is 13.2 Å². The Balaban J connectivity index is 3.24. The van der Waals surface area contributed by atoms with E-state index in [0.717, 1.165) is 6.20 Å². The number of hydrogen-bond donors (Lipinski definition) is 1. The van der Waals surface area contributed by atoms with Gasteiger partial charge in [0, 0.05) is 31.2 Å². The Kier molecular flexibility index (Phi) is 5.33. The van der Waals surface area contributed by atoms with E-state index in [2.05, 4.69) is 4.98 Å². The minimum atomic E-state index is -3.86. The van der Waals surface area contributed by atoms with Crippen LogP contribution in [0.25, 0.3) is 0 Å². The molecule has 6 nitrogen and oxygen atoms in total. The van der Waals surface area contributed by atoms with Gasteiger partial charge in [0.1, 0.15) is 4.90 Å². The topological polar surface area (TPSA) is 87.6 Å². The van der Waals surface area contributed by atoms with Crippen LogP contribution in [-0.2, 0) is 10.0 Å². The van der Waals surface area contributed by atoms with Crippen molar-refractivity contribution in [3.8, 4) is 0 Å². The van der Waals surface area contributed by atoms with E-state index in [1.807, 2.05) is 6.26 Å². The Morgan fingerprint density at radius 1 is 1.58 bits per heavy atom. The van der Waals surface area contributed by atoms with E-state index in [0.29, 0.717) is 5.75 Å². The van der Waals surface area contributed by atoms with Crippen LogP contribution in [0.4, 0.5) is 0 Å². The highest BCUT2D eigenvalue weighted by molar-refractivity contribution is 7.98. The molecule has 106 valence electrons. The zero-order valence-corrected chi connectivity index (χ0v) is 12.5. The van der Waals surface area contributed by atoms with E-state index >= 15 is 0 Å². The molecule has 0 saturated carbocycles. The molecule has 1 aromatic rings. The molecule has 1 N–H and O–H groups in total. The van der Waals surface area contributed by atoms with Crippen LogP contribution < -0.4 is 0 Å². The molecule has 0 aliphatic heterocycles. The van der Waals surface area contributed by atoms with Crippen molar-refractivity contribution in [2.24, 2.45) is 0 Å². The number of aromatic carboxylic acids is 1. The van der Waals surface area contributed by atoms with Crippen LogP contribution in [0, 0.1) is 0 Å². The molecule has 1 rings (SSSR count). The molecule has 1 atom stereocenters. The summed E-state index contributed by atoms with van der Waals surface area (Å²) < 4.78 is 25.9. The second-order valence-corrected chi connectivity index (χ2v) is 6.88. The normalized spacial score (nSPS) is 13.5. The van der Waals surface area contributed by atoms with E-state index in [1.54, 1.807) is 6.92 Å².